The first-order valence-electron chi connectivity index (χ1n) is 4.95. The van der Waals surface area contributed by atoms with Crippen molar-refractivity contribution < 1.29 is 14.3 Å². The van der Waals surface area contributed by atoms with Crippen LogP contribution in [0.4, 0.5) is 0 Å². The van der Waals surface area contributed by atoms with Gasteiger partial charge in [-0.1, -0.05) is 25.5 Å². The van der Waals surface area contributed by atoms with Gasteiger partial charge in [-0.25, -0.2) is 0 Å². The van der Waals surface area contributed by atoms with Crippen molar-refractivity contribution in [2.75, 3.05) is 0 Å². The SMILES string of the molecule is CCCCC(=O)c1ccccc1[P+](=O)O. The molecule has 0 saturated heterocycles. The molecular formula is C11H14O3P+. The molecule has 3 nitrogen and oxygen atoms in total. The van der Waals surface area contributed by atoms with Gasteiger partial charge in [0.2, 0.25) is 5.30 Å². The quantitative estimate of drug-likeness (QED) is 0.618. The Labute approximate surface area is 90.0 Å². The molecule has 0 heterocycles. The van der Waals surface area contributed by atoms with Gasteiger partial charge in [-0.05, 0) is 23.1 Å². The van der Waals surface area contributed by atoms with Gasteiger partial charge in [0.15, 0.2) is 5.78 Å². The van der Waals surface area contributed by atoms with Crippen LogP contribution in [0.25, 0.3) is 0 Å². The molecule has 0 radical (unpaired) electrons. The summed E-state index contributed by atoms with van der Waals surface area (Å²) in [5.41, 5.74) is 0.384. The summed E-state index contributed by atoms with van der Waals surface area (Å²) in [5, 5.41) is 0.244. The fourth-order valence-electron chi connectivity index (χ4n) is 1.35. The topological polar surface area (TPSA) is 54.4 Å². The number of carbonyl (C=O) groups excluding carboxylic acids is 1. The van der Waals surface area contributed by atoms with E-state index in [-0.39, 0.29) is 11.1 Å². The zero-order valence-electron chi connectivity index (χ0n) is 8.64. The van der Waals surface area contributed by atoms with Crippen LogP contribution in [0, 0.1) is 0 Å². The Bertz CT molecular complexity index is 374. The smallest absolute Gasteiger partial charge is 0.294 e. The zero-order valence-corrected chi connectivity index (χ0v) is 9.54. The number of ketones is 1. The van der Waals surface area contributed by atoms with E-state index in [2.05, 4.69) is 0 Å². The first-order chi connectivity index (χ1) is 7.16. The predicted octanol–water partition coefficient (Wildman–Crippen LogP) is 2.42. The monoisotopic (exact) mass is 225 g/mol. The summed E-state index contributed by atoms with van der Waals surface area (Å²) in [6.45, 7) is 2.01. The Hall–Kier alpha value is -1.05. The largest absolute Gasteiger partial charge is 0.546 e. The van der Waals surface area contributed by atoms with Crippen LogP contribution in [0.15, 0.2) is 24.3 Å². The van der Waals surface area contributed by atoms with Crippen LogP contribution in [-0.2, 0) is 4.57 Å². The minimum absolute atomic E-state index is 0.0511. The van der Waals surface area contributed by atoms with Crippen molar-refractivity contribution in [3.8, 4) is 0 Å². The molecular weight excluding hydrogens is 211 g/mol. The maximum absolute atomic E-state index is 11.7. The van der Waals surface area contributed by atoms with E-state index in [1.165, 1.54) is 6.07 Å². The Kier molecular flexibility index (Phi) is 4.60. The van der Waals surface area contributed by atoms with Gasteiger partial charge in [0.25, 0.3) is 0 Å². The molecule has 1 aromatic rings. The average Bonchev–Trinajstić information content (AvgIpc) is 2.25. The zero-order chi connectivity index (χ0) is 11.3. The van der Waals surface area contributed by atoms with E-state index in [0.29, 0.717) is 12.0 Å². The second kappa shape index (κ2) is 5.74. The van der Waals surface area contributed by atoms with E-state index in [1.54, 1.807) is 18.2 Å². The van der Waals surface area contributed by atoms with Gasteiger partial charge in [-0.3, -0.25) is 4.79 Å². The number of Topliss-reactive ketones (excluding diaryl/α,β-unsaturated/α-hetero) is 1. The summed E-state index contributed by atoms with van der Waals surface area (Å²) in [4.78, 5) is 20.7. The fraction of sp³-hybridized carbons (Fsp3) is 0.364. The lowest BCUT2D eigenvalue weighted by molar-refractivity contribution is 0.0980. The molecule has 0 fully saturated rings. The highest BCUT2D eigenvalue weighted by Gasteiger charge is 2.24. The summed E-state index contributed by atoms with van der Waals surface area (Å²) < 4.78 is 11.0. The third-order valence-electron chi connectivity index (χ3n) is 2.17. The first-order valence-corrected chi connectivity index (χ1v) is 6.16. The third-order valence-corrected chi connectivity index (χ3v) is 2.97. The number of carbonyl (C=O) groups is 1. The van der Waals surface area contributed by atoms with Crippen LogP contribution in [0.2, 0.25) is 0 Å². The Morgan fingerprint density at radius 1 is 1.40 bits per heavy atom. The van der Waals surface area contributed by atoms with Crippen molar-refractivity contribution in [1.29, 1.82) is 0 Å². The van der Waals surface area contributed by atoms with Gasteiger partial charge in [0, 0.05) is 6.42 Å². The molecule has 1 N–H and O–H groups in total. The van der Waals surface area contributed by atoms with Crippen LogP contribution in [0.1, 0.15) is 36.5 Å². The van der Waals surface area contributed by atoms with E-state index in [0.717, 1.165) is 12.8 Å². The Balaban J connectivity index is 2.92. The second-order valence-corrected chi connectivity index (χ2v) is 4.34. The highest BCUT2D eigenvalue weighted by atomic mass is 31.1. The van der Waals surface area contributed by atoms with Gasteiger partial charge in [0.1, 0.15) is 0 Å². The summed E-state index contributed by atoms with van der Waals surface area (Å²) in [6, 6.07) is 6.51. The summed E-state index contributed by atoms with van der Waals surface area (Å²) >= 11 is 0. The Morgan fingerprint density at radius 2 is 2.07 bits per heavy atom. The lowest BCUT2D eigenvalue weighted by atomic mass is 10.1. The number of benzene rings is 1. The van der Waals surface area contributed by atoms with Crippen molar-refractivity contribution >= 4 is 19.1 Å². The molecule has 0 aliphatic rings. The summed E-state index contributed by atoms with van der Waals surface area (Å²) in [6.07, 6.45) is 2.20. The molecule has 0 aliphatic carbocycles. The van der Waals surface area contributed by atoms with Gasteiger partial charge < -0.3 is 0 Å². The molecule has 0 saturated carbocycles. The molecule has 1 rings (SSSR count). The highest BCUT2D eigenvalue weighted by Crippen LogP contribution is 2.17. The molecule has 0 aliphatic heterocycles. The molecule has 0 amide bonds. The van der Waals surface area contributed by atoms with Crippen LogP contribution >= 0.6 is 8.03 Å². The van der Waals surface area contributed by atoms with Crippen LogP contribution in [0.3, 0.4) is 0 Å². The molecule has 0 spiro atoms. The van der Waals surface area contributed by atoms with E-state index < -0.39 is 8.03 Å². The average molecular weight is 225 g/mol. The summed E-state index contributed by atoms with van der Waals surface area (Å²) in [7, 11) is -2.43. The van der Waals surface area contributed by atoms with Crippen LogP contribution in [0.5, 0.6) is 0 Å². The van der Waals surface area contributed by atoms with Crippen LogP contribution < -0.4 is 5.30 Å². The number of unbranched alkanes of at least 4 members (excludes halogenated alkanes) is 1. The minimum atomic E-state index is -2.43. The van der Waals surface area contributed by atoms with Gasteiger partial charge in [-0.2, -0.15) is 4.89 Å². The first kappa shape index (κ1) is 12.0. The number of hydrogen-bond acceptors (Lipinski definition) is 2. The lowest BCUT2D eigenvalue weighted by Gasteiger charge is -1.98. The van der Waals surface area contributed by atoms with Crippen molar-refractivity contribution in [2.45, 2.75) is 26.2 Å². The fourth-order valence-corrected chi connectivity index (χ4v) is 1.97. The van der Waals surface area contributed by atoms with E-state index in [4.69, 9.17) is 4.89 Å². The van der Waals surface area contributed by atoms with Crippen molar-refractivity contribution in [3.05, 3.63) is 29.8 Å². The molecule has 0 aromatic heterocycles. The predicted molar refractivity (Wildman–Crippen MR) is 59.8 cm³/mol. The maximum atomic E-state index is 11.7. The summed E-state index contributed by atoms with van der Waals surface area (Å²) in [5.74, 6) is -0.0511. The van der Waals surface area contributed by atoms with E-state index in [1.807, 2.05) is 6.92 Å². The molecule has 80 valence electrons. The molecule has 1 aromatic carbocycles. The van der Waals surface area contributed by atoms with Gasteiger partial charge >= 0.3 is 8.03 Å². The molecule has 15 heavy (non-hydrogen) atoms. The highest BCUT2D eigenvalue weighted by molar-refractivity contribution is 7.47. The van der Waals surface area contributed by atoms with Gasteiger partial charge in [0.05, 0.1) is 5.56 Å². The van der Waals surface area contributed by atoms with Crippen molar-refractivity contribution in [1.82, 2.24) is 0 Å². The van der Waals surface area contributed by atoms with E-state index >= 15 is 0 Å². The third kappa shape index (κ3) is 3.22. The molecule has 1 atom stereocenters. The lowest BCUT2D eigenvalue weighted by Crippen LogP contribution is -2.11. The maximum Gasteiger partial charge on any atom is 0.546 e. The van der Waals surface area contributed by atoms with Crippen molar-refractivity contribution in [2.24, 2.45) is 0 Å². The van der Waals surface area contributed by atoms with Crippen molar-refractivity contribution in [3.63, 3.8) is 0 Å². The molecule has 0 bridgehead atoms. The number of hydrogen-bond donors (Lipinski definition) is 1. The standard InChI is InChI=1S/C11H13O3P/c1-2-3-7-10(12)9-6-4-5-8-11(9)15(13)14/h4-6,8H,2-3,7H2,1H3/p+1. The Morgan fingerprint density at radius 3 is 2.67 bits per heavy atom. The number of rotatable bonds is 5. The van der Waals surface area contributed by atoms with Gasteiger partial charge in [-0.15, -0.1) is 0 Å². The molecule has 4 heteroatoms. The van der Waals surface area contributed by atoms with Crippen LogP contribution in [-0.4, -0.2) is 10.7 Å². The minimum Gasteiger partial charge on any atom is -0.294 e. The van der Waals surface area contributed by atoms with E-state index in [9.17, 15) is 9.36 Å². The molecule has 1 unspecified atom stereocenters. The second-order valence-electron chi connectivity index (χ2n) is 3.32. The normalized spacial score (nSPS) is 11.2.